The first-order valence-corrected chi connectivity index (χ1v) is 8.76. The van der Waals surface area contributed by atoms with E-state index in [1.54, 1.807) is 0 Å². The van der Waals surface area contributed by atoms with Gasteiger partial charge in [0.15, 0.2) is 0 Å². The molecule has 20 heavy (non-hydrogen) atoms. The first kappa shape index (κ1) is 16.3. The second-order valence-corrected chi connectivity index (χ2v) is 8.69. The minimum atomic E-state index is 0.387. The Balaban J connectivity index is 1.98. The van der Waals surface area contributed by atoms with Crippen molar-refractivity contribution in [1.82, 2.24) is 4.90 Å². The van der Waals surface area contributed by atoms with Gasteiger partial charge in [0.25, 0.3) is 0 Å². The molecule has 0 amide bonds. The van der Waals surface area contributed by atoms with Crippen LogP contribution in [-0.2, 0) is 0 Å². The van der Waals surface area contributed by atoms with Gasteiger partial charge in [0, 0.05) is 18.1 Å². The summed E-state index contributed by atoms with van der Waals surface area (Å²) in [6.07, 6.45) is 9.38. The van der Waals surface area contributed by atoms with Crippen LogP contribution in [0.3, 0.4) is 0 Å². The summed E-state index contributed by atoms with van der Waals surface area (Å²) in [6.45, 7) is 9.59. The van der Waals surface area contributed by atoms with Crippen LogP contribution in [0.5, 0.6) is 0 Å². The Labute approximate surface area is 126 Å². The first-order chi connectivity index (χ1) is 9.29. The Morgan fingerprint density at radius 3 is 2.10 bits per heavy atom. The molecule has 0 heterocycles. The van der Waals surface area contributed by atoms with Gasteiger partial charge in [-0.25, -0.2) is 0 Å². The van der Waals surface area contributed by atoms with Gasteiger partial charge < -0.3 is 5.73 Å². The third-order valence-corrected chi connectivity index (χ3v) is 6.18. The molecule has 2 nitrogen and oxygen atoms in total. The average molecular weight is 281 g/mol. The van der Waals surface area contributed by atoms with Crippen molar-refractivity contribution in [3.05, 3.63) is 0 Å². The van der Waals surface area contributed by atoms with Gasteiger partial charge >= 0.3 is 0 Å². The molecule has 0 aliphatic heterocycles. The van der Waals surface area contributed by atoms with Crippen molar-refractivity contribution < 1.29 is 0 Å². The lowest BCUT2D eigenvalue weighted by atomic mass is 9.69. The molecule has 0 saturated heterocycles. The van der Waals surface area contributed by atoms with E-state index in [0.717, 1.165) is 17.9 Å². The van der Waals surface area contributed by atoms with E-state index in [1.165, 1.54) is 44.9 Å². The van der Waals surface area contributed by atoms with Crippen LogP contribution in [-0.4, -0.2) is 30.1 Å². The molecule has 0 aromatic heterocycles. The summed E-state index contributed by atoms with van der Waals surface area (Å²) in [5, 5.41) is 0. The highest BCUT2D eigenvalue weighted by Gasteiger charge is 2.38. The fraction of sp³-hybridized carbons (Fsp3) is 1.00. The number of nitrogens with zero attached hydrogens (tertiary/aromatic N) is 1. The maximum absolute atomic E-state index is 6.48. The zero-order valence-corrected chi connectivity index (χ0v) is 14.4. The molecule has 0 radical (unpaired) electrons. The van der Waals surface area contributed by atoms with Crippen molar-refractivity contribution in [1.29, 1.82) is 0 Å². The monoisotopic (exact) mass is 280 g/mol. The van der Waals surface area contributed by atoms with Crippen LogP contribution in [0.15, 0.2) is 0 Å². The van der Waals surface area contributed by atoms with E-state index in [2.05, 4.69) is 39.6 Å². The van der Waals surface area contributed by atoms with E-state index in [9.17, 15) is 0 Å². The predicted molar refractivity (Wildman–Crippen MR) is 87.7 cm³/mol. The van der Waals surface area contributed by atoms with Crippen molar-refractivity contribution in [2.24, 2.45) is 23.0 Å². The van der Waals surface area contributed by atoms with Gasteiger partial charge in [0.2, 0.25) is 0 Å². The smallest absolute Gasteiger partial charge is 0.0249 e. The summed E-state index contributed by atoms with van der Waals surface area (Å²) >= 11 is 0. The van der Waals surface area contributed by atoms with Crippen molar-refractivity contribution in [3.63, 3.8) is 0 Å². The highest BCUT2D eigenvalue weighted by molar-refractivity contribution is 4.94. The highest BCUT2D eigenvalue weighted by Crippen LogP contribution is 2.40. The van der Waals surface area contributed by atoms with E-state index in [1.807, 2.05) is 0 Å². The van der Waals surface area contributed by atoms with Gasteiger partial charge in [-0.2, -0.15) is 0 Å². The fourth-order valence-electron chi connectivity index (χ4n) is 4.35. The molecule has 0 aromatic rings. The molecule has 0 spiro atoms. The van der Waals surface area contributed by atoms with Crippen molar-refractivity contribution >= 4 is 0 Å². The summed E-state index contributed by atoms with van der Waals surface area (Å²) < 4.78 is 0. The molecule has 2 rings (SSSR count). The van der Waals surface area contributed by atoms with Gasteiger partial charge in [-0.1, -0.05) is 27.7 Å². The third kappa shape index (κ3) is 3.76. The second-order valence-electron chi connectivity index (χ2n) is 8.69. The Hall–Kier alpha value is -0.0800. The van der Waals surface area contributed by atoms with Crippen molar-refractivity contribution in [2.75, 3.05) is 7.05 Å². The minimum Gasteiger partial charge on any atom is -0.326 e. The quantitative estimate of drug-likeness (QED) is 0.827. The fourth-order valence-corrected chi connectivity index (χ4v) is 4.35. The molecule has 2 N–H and O–H groups in total. The standard InChI is InChI=1S/C18H36N2/c1-13-6-9-15(10-7-13)20(5)17-12-14(18(2,3)4)8-11-16(17)19/h13-17H,6-12,19H2,1-5H3. The van der Waals surface area contributed by atoms with E-state index < -0.39 is 0 Å². The summed E-state index contributed by atoms with van der Waals surface area (Å²) in [4.78, 5) is 2.66. The first-order valence-electron chi connectivity index (χ1n) is 8.76. The lowest BCUT2D eigenvalue weighted by Crippen LogP contribution is -2.54. The second kappa shape index (κ2) is 6.36. The molecular formula is C18H36N2. The molecule has 2 aliphatic rings. The van der Waals surface area contributed by atoms with Gasteiger partial charge in [-0.3, -0.25) is 4.90 Å². The SMILES string of the molecule is CC1CCC(N(C)C2CC(C(C)(C)C)CCC2N)CC1. The molecule has 2 fully saturated rings. The van der Waals surface area contributed by atoms with Gasteiger partial charge in [0.05, 0.1) is 0 Å². The Kier molecular flexibility index (Phi) is 5.18. The van der Waals surface area contributed by atoms with Crippen LogP contribution in [0.2, 0.25) is 0 Å². The summed E-state index contributed by atoms with van der Waals surface area (Å²) in [7, 11) is 2.34. The number of hydrogen-bond donors (Lipinski definition) is 1. The molecule has 0 aromatic carbocycles. The number of likely N-dealkylation sites (N-methyl/N-ethyl adjacent to an activating group) is 1. The van der Waals surface area contributed by atoms with E-state index in [0.29, 0.717) is 17.5 Å². The summed E-state index contributed by atoms with van der Waals surface area (Å²) in [6, 6.07) is 1.77. The van der Waals surface area contributed by atoms with Crippen LogP contribution in [0, 0.1) is 17.3 Å². The molecule has 2 aliphatic carbocycles. The molecule has 3 unspecified atom stereocenters. The Morgan fingerprint density at radius 2 is 1.55 bits per heavy atom. The molecule has 0 bridgehead atoms. The maximum Gasteiger partial charge on any atom is 0.0249 e. The van der Waals surface area contributed by atoms with Crippen molar-refractivity contribution in [3.8, 4) is 0 Å². The van der Waals surface area contributed by atoms with Gasteiger partial charge in [0.1, 0.15) is 0 Å². The van der Waals surface area contributed by atoms with Crippen LogP contribution in [0.4, 0.5) is 0 Å². The lowest BCUT2D eigenvalue weighted by Gasteiger charge is -2.47. The van der Waals surface area contributed by atoms with Crippen LogP contribution >= 0.6 is 0 Å². The Morgan fingerprint density at radius 1 is 0.950 bits per heavy atom. The van der Waals surface area contributed by atoms with Crippen LogP contribution < -0.4 is 5.73 Å². The lowest BCUT2D eigenvalue weighted by molar-refractivity contribution is 0.0446. The zero-order valence-electron chi connectivity index (χ0n) is 14.4. The molecular weight excluding hydrogens is 244 g/mol. The number of hydrogen-bond acceptors (Lipinski definition) is 2. The minimum absolute atomic E-state index is 0.387. The predicted octanol–water partition coefficient (Wildman–Crippen LogP) is 4.04. The highest BCUT2D eigenvalue weighted by atomic mass is 15.2. The molecule has 3 atom stereocenters. The van der Waals surface area contributed by atoms with Gasteiger partial charge in [-0.05, 0) is 69.2 Å². The van der Waals surface area contributed by atoms with E-state index in [4.69, 9.17) is 5.73 Å². The van der Waals surface area contributed by atoms with E-state index >= 15 is 0 Å². The van der Waals surface area contributed by atoms with E-state index in [-0.39, 0.29) is 0 Å². The van der Waals surface area contributed by atoms with Crippen LogP contribution in [0.1, 0.15) is 72.6 Å². The normalized spacial score (nSPS) is 40.0. The number of nitrogens with two attached hydrogens (primary N) is 1. The molecule has 2 heteroatoms. The Bertz CT molecular complexity index is 299. The average Bonchev–Trinajstić information content (AvgIpc) is 2.38. The summed E-state index contributed by atoms with van der Waals surface area (Å²) in [5.41, 5.74) is 6.91. The topological polar surface area (TPSA) is 29.3 Å². The third-order valence-electron chi connectivity index (χ3n) is 6.18. The summed E-state index contributed by atoms with van der Waals surface area (Å²) in [5.74, 6) is 1.76. The zero-order chi connectivity index (χ0) is 14.9. The molecule has 2 saturated carbocycles. The maximum atomic E-state index is 6.48. The van der Waals surface area contributed by atoms with Crippen LogP contribution in [0.25, 0.3) is 0 Å². The molecule has 118 valence electrons. The van der Waals surface area contributed by atoms with Crippen molar-refractivity contribution in [2.45, 2.75) is 90.8 Å². The number of rotatable bonds is 2. The van der Waals surface area contributed by atoms with Gasteiger partial charge in [-0.15, -0.1) is 0 Å². The largest absolute Gasteiger partial charge is 0.326 e.